The lowest BCUT2D eigenvalue weighted by Crippen LogP contribution is -2.38. The molecule has 1 aromatic heterocycles. The van der Waals surface area contributed by atoms with E-state index in [0.29, 0.717) is 17.4 Å². The Bertz CT molecular complexity index is 419. The average molecular weight is 226 g/mol. The van der Waals surface area contributed by atoms with E-state index in [1.807, 2.05) is 24.8 Å². The van der Waals surface area contributed by atoms with E-state index in [9.17, 15) is 4.79 Å². The van der Waals surface area contributed by atoms with Crippen molar-refractivity contribution < 1.29 is 4.79 Å². The summed E-state index contributed by atoms with van der Waals surface area (Å²) in [7, 11) is 0. The molecule has 0 saturated heterocycles. The fraction of sp³-hybridized carbons (Fsp3) is 0.400. The molecule has 0 radical (unpaired) electrons. The molecule has 2 heterocycles. The molecule has 0 spiro atoms. The zero-order valence-corrected chi connectivity index (χ0v) is 9.43. The molecule has 4 nitrogen and oxygen atoms in total. The summed E-state index contributed by atoms with van der Waals surface area (Å²) in [5.41, 5.74) is 2.43. The zero-order chi connectivity index (χ0) is 11.0. The Morgan fingerprint density at radius 2 is 2.40 bits per heavy atom. The number of carbonyl (C=O) groups excluding carboxylic acids is 1. The van der Waals surface area contributed by atoms with E-state index in [4.69, 9.17) is 11.6 Å². The number of nitrogens with one attached hydrogen (secondary N) is 1. The van der Waals surface area contributed by atoms with Crippen molar-refractivity contribution in [3.05, 3.63) is 16.9 Å². The molecule has 0 unspecified atom stereocenters. The van der Waals surface area contributed by atoms with Gasteiger partial charge in [0, 0.05) is 12.2 Å². The fourth-order valence-corrected chi connectivity index (χ4v) is 1.98. The minimum absolute atomic E-state index is 0.0445. The second-order valence-corrected chi connectivity index (χ2v) is 3.87. The van der Waals surface area contributed by atoms with Gasteiger partial charge >= 0.3 is 0 Å². The number of fused-ring (bicyclic) bond motifs is 1. The molecule has 1 N–H and O–H groups in total. The van der Waals surface area contributed by atoms with Gasteiger partial charge < -0.3 is 10.2 Å². The first-order chi connectivity index (χ1) is 7.11. The maximum absolute atomic E-state index is 11.4. The molecule has 1 aliphatic heterocycles. The van der Waals surface area contributed by atoms with Crippen molar-refractivity contribution >= 4 is 28.9 Å². The molecule has 0 aliphatic carbocycles. The maximum atomic E-state index is 11.4. The summed E-state index contributed by atoms with van der Waals surface area (Å²) in [5.74, 6) is -0.0445. The number of likely N-dealkylation sites (N-methyl/N-ethyl adjacent to an activating group) is 1. The Balaban J connectivity index is 2.55. The lowest BCUT2D eigenvalue weighted by molar-refractivity contribution is -0.115. The van der Waals surface area contributed by atoms with Crippen LogP contribution in [0.25, 0.3) is 0 Å². The quantitative estimate of drug-likeness (QED) is 0.742. The molecule has 2 rings (SSSR count). The van der Waals surface area contributed by atoms with Gasteiger partial charge in [0.25, 0.3) is 0 Å². The number of halogens is 1. The Morgan fingerprint density at radius 3 is 3.07 bits per heavy atom. The van der Waals surface area contributed by atoms with Crippen LogP contribution in [-0.4, -0.2) is 24.0 Å². The summed E-state index contributed by atoms with van der Waals surface area (Å²) >= 11 is 5.98. The molecule has 0 aromatic carbocycles. The van der Waals surface area contributed by atoms with Crippen LogP contribution in [0.5, 0.6) is 0 Å². The van der Waals surface area contributed by atoms with Gasteiger partial charge in [0.15, 0.2) is 5.15 Å². The van der Waals surface area contributed by atoms with Crippen molar-refractivity contribution in [2.75, 3.05) is 23.3 Å². The van der Waals surface area contributed by atoms with Gasteiger partial charge in [-0.3, -0.25) is 4.79 Å². The highest BCUT2D eigenvalue weighted by Gasteiger charge is 2.23. The van der Waals surface area contributed by atoms with Crippen molar-refractivity contribution in [3.63, 3.8) is 0 Å². The number of amides is 1. The minimum Gasteiger partial charge on any atom is -0.361 e. The zero-order valence-electron chi connectivity index (χ0n) is 8.67. The highest BCUT2D eigenvalue weighted by atomic mass is 35.5. The van der Waals surface area contributed by atoms with E-state index in [-0.39, 0.29) is 5.91 Å². The predicted molar refractivity (Wildman–Crippen MR) is 60.5 cm³/mol. The topological polar surface area (TPSA) is 45.2 Å². The van der Waals surface area contributed by atoms with E-state index in [1.54, 1.807) is 0 Å². The van der Waals surface area contributed by atoms with Crippen molar-refractivity contribution in [1.29, 1.82) is 0 Å². The van der Waals surface area contributed by atoms with Crippen LogP contribution in [0.3, 0.4) is 0 Å². The molecule has 1 aromatic rings. The molecule has 0 bridgehead atoms. The van der Waals surface area contributed by atoms with Gasteiger partial charge in [0.05, 0.1) is 12.2 Å². The number of rotatable bonds is 1. The first-order valence-corrected chi connectivity index (χ1v) is 5.21. The maximum Gasteiger partial charge on any atom is 0.244 e. The first-order valence-electron chi connectivity index (χ1n) is 4.83. The summed E-state index contributed by atoms with van der Waals surface area (Å²) in [6.45, 7) is 5.05. The largest absolute Gasteiger partial charge is 0.361 e. The monoisotopic (exact) mass is 225 g/mol. The van der Waals surface area contributed by atoms with Gasteiger partial charge in [-0.25, -0.2) is 4.98 Å². The average Bonchev–Trinajstić information content (AvgIpc) is 2.18. The second kappa shape index (κ2) is 3.70. The minimum atomic E-state index is -0.0445. The van der Waals surface area contributed by atoms with Crippen LogP contribution in [-0.2, 0) is 4.79 Å². The summed E-state index contributed by atoms with van der Waals surface area (Å²) in [5, 5.41) is 3.10. The molecule has 80 valence electrons. The van der Waals surface area contributed by atoms with Crippen molar-refractivity contribution in [2.24, 2.45) is 0 Å². The molecule has 1 aliphatic rings. The molecule has 15 heavy (non-hydrogen) atoms. The van der Waals surface area contributed by atoms with Crippen LogP contribution < -0.4 is 10.2 Å². The van der Waals surface area contributed by atoms with E-state index < -0.39 is 0 Å². The number of aryl methyl sites for hydroxylation is 1. The molecule has 0 fully saturated rings. The molecule has 1 amide bonds. The molecular formula is C10H12ClN3O. The van der Waals surface area contributed by atoms with Gasteiger partial charge in [0.1, 0.15) is 5.69 Å². The number of aromatic nitrogens is 1. The fourth-order valence-electron chi connectivity index (χ4n) is 1.70. The third-order valence-corrected chi connectivity index (χ3v) is 2.68. The van der Waals surface area contributed by atoms with Crippen molar-refractivity contribution in [3.8, 4) is 0 Å². The Labute approximate surface area is 93.2 Å². The summed E-state index contributed by atoms with van der Waals surface area (Å²) < 4.78 is 0. The predicted octanol–water partition coefficient (Wildman–Crippen LogP) is 1.82. The number of carbonyl (C=O) groups is 1. The van der Waals surface area contributed by atoms with Crippen molar-refractivity contribution in [1.82, 2.24) is 4.98 Å². The molecule has 0 atom stereocenters. The van der Waals surface area contributed by atoms with Gasteiger partial charge in [-0.05, 0) is 19.9 Å². The van der Waals surface area contributed by atoms with Gasteiger partial charge in [-0.1, -0.05) is 11.6 Å². The van der Waals surface area contributed by atoms with Crippen LogP contribution in [0.2, 0.25) is 5.15 Å². The van der Waals surface area contributed by atoms with E-state index in [0.717, 1.165) is 17.9 Å². The van der Waals surface area contributed by atoms with E-state index >= 15 is 0 Å². The van der Waals surface area contributed by atoms with Crippen LogP contribution in [0.4, 0.5) is 11.4 Å². The normalized spacial score (nSPS) is 14.9. The lowest BCUT2D eigenvalue weighted by Gasteiger charge is -2.30. The van der Waals surface area contributed by atoms with Gasteiger partial charge in [-0.2, -0.15) is 0 Å². The van der Waals surface area contributed by atoms with Crippen LogP contribution in [0.15, 0.2) is 6.07 Å². The third kappa shape index (κ3) is 1.77. The van der Waals surface area contributed by atoms with Crippen LogP contribution in [0, 0.1) is 6.92 Å². The number of hydrogen-bond donors (Lipinski definition) is 1. The van der Waals surface area contributed by atoms with Crippen molar-refractivity contribution in [2.45, 2.75) is 13.8 Å². The molecule has 5 heteroatoms. The summed E-state index contributed by atoms with van der Waals surface area (Å²) in [4.78, 5) is 17.5. The smallest absolute Gasteiger partial charge is 0.244 e. The Morgan fingerprint density at radius 1 is 1.67 bits per heavy atom. The lowest BCUT2D eigenvalue weighted by atomic mass is 10.2. The van der Waals surface area contributed by atoms with Gasteiger partial charge in [-0.15, -0.1) is 0 Å². The number of anilines is 2. The molecule has 0 saturated carbocycles. The standard InChI is InChI=1S/C10H12ClN3O/c1-3-14-5-8(15)13-9-7(14)4-6(2)12-10(9)11/h4H,3,5H2,1-2H3,(H,13,15). The Hall–Kier alpha value is -1.29. The highest BCUT2D eigenvalue weighted by molar-refractivity contribution is 6.33. The SMILES string of the molecule is CCN1CC(=O)Nc2c1cc(C)nc2Cl. The first kappa shape index (κ1) is 10.2. The highest BCUT2D eigenvalue weighted by Crippen LogP contribution is 2.34. The third-order valence-electron chi connectivity index (χ3n) is 2.40. The number of nitrogens with zero attached hydrogens (tertiary/aromatic N) is 2. The molecular weight excluding hydrogens is 214 g/mol. The summed E-state index contributed by atoms with van der Waals surface area (Å²) in [6.07, 6.45) is 0. The van der Waals surface area contributed by atoms with E-state index in [2.05, 4.69) is 10.3 Å². The van der Waals surface area contributed by atoms with Gasteiger partial charge in [0.2, 0.25) is 5.91 Å². The van der Waals surface area contributed by atoms with Crippen LogP contribution >= 0.6 is 11.6 Å². The van der Waals surface area contributed by atoms with E-state index in [1.165, 1.54) is 0 Å². The summed E-state index contributed by atoms with van der Waals surface area (Å²) in [6, 6.07) is 1.93. The second-order valence-electron chi connectivity index (χ2n) is 3.51. The Kier molecular flexibility index (Phi) is 2.52. The number of hydrogen-bond acceptors (Lipinski definition) is 3. The number of pyridine rings is 1. The van der Waals surface area contributed by atoms with Crippen LogP contribution in [0.1, 0.15) is 12.6 Å².